The van der Waals surface area contributed by atoms with E-state index in [1.807, 2.05) is 0 Å². The second-order valence-corrected chi connectivity index (χ2v) is 6.47. The summed E-state index contributed by atoms with van der Waals surface area (Å²) in [5, 5.41) is 14.4. The topological polar surface area (TPSA) is 32.3 Å². The largest absolute Gasteiger partial charge is 0.388 e. The molecule has 2 nitrogen and oxygen atoms in total. The van der Waals surface area contributed by atoms with E-state index in [0.717, 1.165) is 37.6 Å². The number of rotatable bonds is 3. The van der Waals surface area contributed by atoms with Crippen molar-refractivity contribution in [3.63, 3.8) is 0 Å². The maximum absolute atomic E-state index is 10.8. The summed E-state index contributed by atoms with van der Waals surface area (Å²) in [6.45, 7) is 5.68. The highest BCUT2D eigenvalue weighted by Gasteiger charge is 2.41. The fraction of sp³-hybridized carbons (Fsp3) is 1.00. The van der Waals surface area contributed by atoms with Crippen molar-refractivity contribution in [1.29, 1.82) is 0 Å². The molecule has 0 bridgehead atoms. The summed E-state index contributed by atoms with van der Waals surface area (Å²) in [5.74, 6) is 1.65. The number of hydrogen-bond acceptors (Lipinski definition) is 2. The van der Waals surface area contributed by atoms with Gasteiger partial charge in [-0.1, -0.05) is 26.7 Å². The monoisotopic (exact) mass is 239 g/mol. The predicted molar refractivity (Wildman–Crippen MR) is 72.0 cm³/mol. The molecule has 1 aliphatic carbocycles. The van der Waals surface area contributed by atoms with Gasteiger partial charge in [0.15, 0.2) is 0 Å². The molecule has 0 aromatic rings. The van der Waals surface area contributed by atoms with Crippen LogP contribution >= 0.6 is 0 Å². The van der Waals surface area contributed by atoms with E-state index in [9.17, 15) is 5.11 Å². The Morgan fingerprint density at radius 3 is 2.53 bits per heavy atom. The molecule has 1 saturated heterocycles. The van der Waals surface area contributed by atoms with Crippen LogP contribution in [0.1, 0.15) is 65.2 Å². The number of piperidine rings is 1. The van der Waals surface area contributed by atoms with Gasteiger partial charge in [-0.25, -0.2) is 0 Å². The molecule has 2 N–H and O–H groups in total. The van der Waals surface area contributed by atoms with Gasteiger partial charge in [0, 0.05) is 6.04 Å². The van der Waals surface area contributed by atoms with Crippen LogP contribution in [0.4, 0.5) is 0 Å². The van der Waals surface area contributed by atoms with Crippen LogP contribution in [0.15, 0.2) is 0 Å². The number of aliphatic hydroxyl groups is 1. The molecule has 1 aliphatic heterocycles. The fourth-order valence-electron chi connectivity index (χ4n) is 3.74. The average molecular weight is 239 g/mol. The van der Waals surface area contributed by atoms with Crippen molar-refractivity contribution in [2.45, 2.75) is 76.9 Å². The van der Waals surface area contributed by atoms with Gasteiger partial charge >= 0.3 is 0 Å². The van der Waals surface area contributed by atoms with Crippen LogP contribution < -0.4 is 5.32 Å². The first-order valence-electron chi connectivity index (χ1n) is 7.60. The van der Waals surface area contributed by atoms with E-state index < -0.39 is 5.60 Å². The van der Waals surface area contributed by atoms with E-state index in [1.54, 1.807) is 0 Å². The highest BCUT2D eigenvalue weighted by Crippen LogP contribution is 2.38. The third-order valence-electron chi connectivity index (χ3n) is 4.98. The van der Waals surface area contributed by atoms with Crippen molar-refractivity contribution in [3.05, 3.63) is 0 Å². The summed E-state index contributed by atoms with van der Waals surface area (Å²) < 4.78 is 0. The van der Waals surface area contributed by atoms with E-state index in [-0.39, 0.29) is 0 Å². The molecule has 0 aromatic heterocycles. The normalized spacial score (nSPS) is 43.6. The molecule has 0 spiro atoms. The molecule has 2 unspecified atom stereocenters. The van der Waals surface area contributed by atoms with Crippen molar-refractivity contribution in [3.8, 4) is 0 Å². The maximum Gasteiger partial charge on any atom is 0.0800 e. The lowest BCUT2D eigenvalue weighted by Crippen LogP contribution is -2.55. The second kappa shape index (κ2) is 5.71. The minimum atomic E-state index is -0.404. The Labute approximate surface area is 106 Å². The predicted octanol–water partition coefficient (Wildman–Crippen LogP) is 3.10. The molecule has 0 amide bonds. The van der Waals surface area contributed by atoms with E-state index in [0.29, 0.717) is 6.04 Å². The smallest absolute Gasteiger partial charge is 0.0800 e. The van der Waals surface area contributed by atoms with Crippen molar-refractivity contribution in [2.75, 3.05) is 6.54 Å². The van der Waals surface area contributed by atoms with Gasteiger partial charge in [-0.05, 0) is 56.9 Å². The third kappa shape index (κ3) is 3.23. The van der Waals surface area contributed by atoms with Crippen LogP contribution in [0, 0.1) is 11.8 Å². The summed E-state index contributed by atoms with van der Waals surface area (Å²) in [4.78, 5) is 0. The van der Waals surface area contributed by atoms with Gasteiger partial charge in [0.2, 0.25) is 0 Å². The van der Waals surface area contributed by atoms with Crippen molar-refractivity contribution in [2.24, 2.45) is 11.8 Å². The van der Waals surface area contributed by atoms with Gasteiger partial charge in [-0.2, -0.15) is 0 Å². The van der Waals surface area contributed by atoms with Crippen LogP contribution in [0.25, 0.3) is 0 Å². The van der Waals surface area contributed by atoms with Gasteiger partial charge in [0.25, 0.3) is 0 Å². The Balaban J connectivity index is 1.87. The molecule has 2 heteroatoms. The standard InChI is InChI=1S/C15H29NO/c1-3-4-13-5-8-15(17,9-6-13)14-11-12(2)7-10-16-14/h12-14,16-17H,3-11H2,1-2H3. The van der Waals surface area contributed by atoms with Crippen molar-refractivity contribution >= 4 is 0 Å². The Morgan fingerprint density at radius 1 is 1.24 bits per heavy atom. The van der Waals surface area contributed by atoms with Gasteiger partial charge in [0.1, 0.15) is 0 Å². The highest BCUT2D eigenvalue weighted by molar-refractivity contribution is 4.97. The minimum absolute atomic E-state index is 0.355. The minimum Gasteiger partial charge on any atom is -0.388 e. The van der Waals surface area contributed by atoms with Crippen LogP contribution in [0.2, 0.25) is 0 Å². The zero-order chi connectivity index (χ0) is 12.3. The Morgan fingerprint density at radius 2 is 1.94 bits per heavy atom. The molecule has 2 rings (SSSR count). The van der Waals surface area contributed by atoms with E-state index in [4.69, 9.17) is 0 Å². The molecular formula is C15H29NO. The van der Waals surface area contributed by atoms with Gasteiger partial charge in [0.05, 0.1) is 5.60 Å². The van der Waals surface area contributed by atoms with Crippen LogP contribution in [0.5, 0.6) is 0 Å². The Bertz CT molecular complexity index is 233. The summed E-state index contributed by atoms with van der Waals surface area (Å²) >= 11 is 0. The van der Waals surface area contributed by atoms with Crippen LogP contribution in [0.3, 0.4) is 0 Å². The molecule has 100 valence electrons. The van der Waals surface area contributed by atoms with Gasteiger partial charge < -0.3 is 10.4 Å². The molecule has 1 heterocycles. The summed E-state index contributed by atoms with van der Waals surface area (Å²) in [5.41, 5.74) is -0.404. The van der Waals surface area contributed by atoms with E-state index in [2.05, 4.69) is 19.2 Å². The second-order valence-electron chi connectivity index (χ2n) is 6.47. The van der Waals surface area contributed by atoms with Gasteiger partial charge in [-0.15, -0.1) is 0 Å². The Kier molecular flexibility index (Phi) is 4.48. The zero-order valence-electron chi connectivity index (χ0n) is 11.5. The maximum atomic E-state index is 10.8. The summed E-state index contributed by atoms with van der Waals surface area (Å²) in [6.07, 6.45) is 9.57. The number of nitrogens with one attached hydrogen (secondary N) is 1. The van der Waals surface area contributed by atoms with Crippen LogP contribution in [-0.4, -0.2) is 23.3 Å². The first kappa shape index (κ1) is 13.4. The lowest BCUT2D eigenvalue weighted by atomic mass is 9.71. The van der Waals surface area contributed by atoms with Crippen molar-refractivity contribution < 1.29 is 5.11 Å². The quantitative estimate of drug-likeness (QED) is 0.793. The molecule has 17 heavy (non-hydrogen) atoms. The first-order valence-corrected chi connectivity index (χ1v) is 7.60. The summed E-state index contributed by atoms with van der Waals surface area (Å²) in [6, 6.07) is 0.355. The summed E-state index contributed by atoms with van der Waals surface area (Å²) in [7, 11) is 0. The molecule has 0 radical (unpaired) electrons. The molecular weight excluding hydrogens is 210 g/mol. The van der Waals surface area contributed by atoms with E-state index in [1.165, 1.54) is 32.1 Å². The van der Waals surface area contributed by atoms with Crippen LogP contribution in [-0.2, 0) is 0 Å². The Hall–Kier alpha value is -0.0800. The van der Waals surface area contributed by atoms with Gasteiger partial charge in [-0.3, -0.25) is 0 Å². The fourth-order valence-corrected chi connectivity index (χ4v) is 3.74. The molecule has 2 fully saturated rings. The third-order valence-corrected chi connectivity index (χ3v) is 4.98. The lowest BCUT2D eigenvalue weighted by molar-refractivity contribution is -0.0532. The average Bonchev–Trinajstić information content (AvgIpc) is 2.33. The molecule has 0 aromatic carbocycles. The number of hydrogen-bond donors (Lipinski definition) is 2. The lowest BCUT2D eigenvalue weighted by Gasteiger charge is -2.45. The SMILES string of the molecule is CCCC1CCC(O)(C2CC(C)CCN2)CC1. The molecule has 2 aliphatic rings. The molecule has 1 saturated carbocycles. The zero-order valence-corrected chi connectivity index (χ0v) is 11.5. The highest BCUT2D eigenvalue weighted by atomic mass is 16.3. The molecule has 2 atom stereocenters. The van der Waals surface area contributed by atoms with E-state index >= 15 is 0 Å². The first-order chi connectivity index (χ1) is 8.14. The van der Waals surface area contributed by atoms with Crippen molar-refractivity contribution in [1.82, 2.24) is 5.32 Å².